The molecule has 4 rings (SSSR count). The maximum Gasteiger partial charge on any atom is 0.236 e. The highest BCUT2D eigenvalue weighted by atomic mass is 35.5. The number of amides is 2. The molecule has 2 aliphatic heterocycles. The van der Waals surface area contributed by atoms with Crippen molar-refractivity contribution in [3.05, 3.63) is 53.1 Å². The summed E-state index contributed by atoms with van der Waals surface area (Å²) in [7, 11) is 0. The molecule has 2 saturated heterocycles. The lowest BCUT2D eigenvalue weighted by Gasteiger charge is -2.36. The Kier molecular flexibility index (Phi) is 7.77. The van der Waals surface area contributed by atoms with E-state index in [-0.39, 0.29) is 28.5 Å². The SMILES string of the molecule is C/C(=N/O)c1ccc(N2CCN(C(=O)CN3CC[C@@H](C(=O)Nc4ccc(O)c(Cl)c4)C3)CC2)cc1. The summed E-state index contributed by atoms with van der Waals surface area (Å²) in [5.74, 6) is -0.255. The zero-order valence-corrected chi connectivity index (χ0v) is 20.4. The van der Waals surface area contributed by atoms with Gasteiger partial charge in [0.2, 0.25) is 11.8 Å². The Balaban J connectivity index is 1.22. The van der Waals surface area contributed by atoms with Gasteiger partial charge in [-0.15, -0.1) is 0 Å². The fourth-order valence-electron chi connectivity index (χ4n) is 4.50. The Morgan fingerprint density at radius 3 is 2.46 bits per heavy atom. The molecular formula is C25H30ClN5O4. The number of piperazine rings is 1. The molecule has 1 atom stereocenters. The lowest BCUT2D eigenvalue weighted by molar-refractivity contribution is -0.132. The van der Waals surface area contributed by atoms with Gasteiger partial charge in [-0.3, -0.25) is 14.5 Å². The largest absolute Gasteiger partial charge is 0.506 e. The highest BCUT2D eigenvalue weighted by Gasteiger charge is 2.31. The summed E-state index contributed by atoms with van der Waals surface area (Å²) in [6, 6.07) is 12.4. The van der Waals surface area contributed by atoms with Crippen molar-refractivity contribution in [2.75, 3.05) is 56.0 Å². The second-order valence-corrected chi connectivity index (χ2v) is 9.38. The van der Waals surface area contributed by atoms with Crippen LogP contribution in [0.3, 0.4) is 0 Å². The molecule has 10 heteroatoms. The van der Waals surface area contributed by atoms with Gasteiger partial charge in [-0.05, 0) is 55.8 Å². The molecule has 9 nitrogen and oxygen atoms in total. The minimum Gasteiger partial charge on any atom is -0.506 e. The number of phenols is 1. The Morgan fingerprint density at radius 2 is 1.80 bits per heavy atom. The van der Waals surface area contributed by atoms with Gasteiger partial charge in [-0.1, -0.05) is 28.9 Å². The van der Waals surface area contributed by atoms with Crippen LogP contribution < -0.4 is 10.2 Å². The molecule has 35 heavy (non-hydrogen) atoms. The number of phenolic OH excluding ortho intramolecular Hbond substituents is 1. The average Bonchev–Trinajstić information content (AvgIpc) is 3.34. The van der Waals surface area contributed by atoms with Gasteiger partial charge in [0.1, 0.15) is 5.75 Å². The second kappa shape index (κ2) is 11.0. The van der Waals surface area contributed by atoms with Crippen LogP contribution in [0.5, 0.6) is 5.75 Å². The summed E-state index contributed by atoms with van der Waals surface area (Å²) in [5, 5.41) is 24.7. The van der Waals surface area contributed by atoms with Crippen LogP contribution in [0.15, 0.2) is 47.6 Å². The zero-order valence-electron chi connectivity index (χ0n) is 19.7. The van der Waals surface area contributed by atoms with Crippen LogP contribution in [0.4, 0.5) is 11.4 Å². The van der Waals surface area contributed by atoms with Crippen molar-refractivity contribution in [1.29, 1.82) is 0 Å². The normalized spacial score (nSPS) is 19.1. The van der Waals surface area contributed by atoms with Crippen LogP contribution in [-0.2, 0) is 9.59 Å². The van der Waals surface area contributed by atoms with E-state index in [0.717, 1.165) is 24.3 Å². The number of hydrogen-bond donors (Lipinski definition) is 3. The molecule has 2 fully saturated rings. The lowest BCUT2D eigenvalue weighted by atomic mass is 10.1. The monoisotopic (exact) mass is 499 g/mol. The van der Waals surface area contributed by atoms with E-state index < -0.39 is 0 Å². The van der Waals surface area contributed by atoms with Gasteiger partial charge in [-0.25, -0.2) is 0 Å². The first-order valence-corrected chi connectivity index (χ1v) is 12.1. The van der Waals surface area contributed by atoms with Gasteiger partial charge in [0, 0.05) is 44.1 Å². The highest BCUT2D eigenvalue weighted by Crippen LogP contribution is 2.27. The zero-order chi connectivity index (χ0) is 24.9. The molecule has 2 amide bonds. The number of carbonyl (C=O) groups excluding carboxylic acids is 2. The van der Waals surface area contributed by atoms with Gasteiger partial charge >= 0.3 is 0 Å². The molecule has 2 heterocycles. The standard InChI is InChI=1S/C25H30ClN5O4/c1-17(28-35)18-2-5-21(6-3-18)30-10-12-31(13-11-30)24(33)16-29-9-8-19(15-29)25(34)27-20-4-7-23(32)22(26)14-20/h2-7,14,19,32,35H,8-13,15-16H2,1H3,(H,27,34)/b28-17-/t19-/m1/s1. The summed E-state index contributed by atoms with van der Waals surface area (Å²) >= 11 is 5.91. The van der Waals surface area contributed by atoms with E-state index >= 15 is 0 Å². The van der Waals surface area contributed by atoms with E-state index in [4.69, 9.17) is 16.8 Å². The number of halogens is 1. The van der Waals surface area contributed by atoms with Crippen molar-refractivity contribution >= 4 is 40.5 Å². The van der Waals surface area contributed by atoms with Crippen LogP contribution in [0.1, 0.15) is 18.9 Å². The fourth-order valence-corrected chi connectivity index (χ4v) is 4.68. The maximum absolute atomic E-state index is 12.9. The highest BCUT2D eigenvalue weighted by molar-refractivity contribution is 6.32. The van der Waals surface area contributed by atoms with Crippen molar-refractivity contribution in [2.45, 2.75) is 13.3 Å². The molecule has 186 valence electrons. The molecule has 2 aromatic carbocycles. The number of likely N-dealkylation sites (tertiary alicyclic amines) is 1. The van der Waals surface area contributed by atoms with Crippen molar-refractivity contribution in [1.82, 2.24) is 9.80 Å². The second-order valence-electron chi connectivity index (χ2n) is 8.98. The molecular weight excluding hydrogens is 470 g/mol. The fraction of sp³-hybridized carbons (Fsp3) is 0.400. The number of carbonyl (C=O) groups is 2. The van der Waals surface area contributed by atoms with Crippen LogP contribution in [-0.4, -0.2) is 83.5 Å². The Morgan fingerprint density at radius 1 is 1.09 bits per heavy atom. The topological polar surface area (TPSA) is 109 Å². The molecule has 0 radical (unpaired) electrons. The number of oxime groups is 1. The first-order chi connectivity index (χ1) is 16.8. The summed E-state index contributed by atoms with van der Waals surface area (Å²) in [6.45, 7) is 6.09. The molecule has 0 bridgehead atoms. The van der Waals surface area contributed by atoms with Gasteiger partial charge in [0.15, 0.2) is 0 Å². The number of aromatic hydroxyl groups is 1. The number of rotatable bonds is 6. The van der Waals surface area contributed by atoms with Crippen molar-refractivity contribution in [2.24, 2.45) is 11.1 Å². The third-order valence-electron chi connectivity index (χ3n) is 6.65. The summed E-state index contributed by atoms with van der Waals surface area (Å²) in [4.78, 5) is 31.7. The smallest absolute Gasteiger partial charge is 0.236 e. The van der Waals surface area contributed by atoms with E-state index in [2.05, 4.69) is 15.4 Å². The quantitative estimate of drug-likeness (QED) is 0.244. The van der Waals surface area contributed by atoms with E-state index in [1.54, 1.807) is 13.0 Å². The number of benzene rings is 2. The van der Waals surface area contributed by atoms with Crippen LogP contribution >= 0.6 is 11.6 Å². The van der Waals surface area contributed by atoms with Crippen LogP contribution in [0, 0.1) is 5.92 Å². The van der Waals surface area contributed by atoms with E-state index in [1.807, 2.05) is 34.1 Å². The van der Waals surface area contributed by atoms with E-state index in [9.17, 15) is 14.7 Å². The maximum atomic E-state index is 12.9. The van der Waals surface area contributed by atoms with E-state index in [1.165, 1.54) is 12.1 Å². The Hall–Kier alpha value is -3.30. The van der Waals surface area contributed by atoms with Crippen molar-refractivity contribution in [3.63, 3.8) is 0 Å². The predicted octanol–water partition coefficient (Wildman–Crippen LogP) is 2.85. The molecule has 2 aromatic rings. The third-order valence-corrected chi connectivity index (χ3v) is 6.95. The molecule has 2 aliphatic rings. The van der Waals surface area contributed by atoms with E-state index in [0.29, 0.717) is 50.5 Å². The lowest BCUT2D eigenvalue weighted by Crippen LogP contribution is -2.51. The summed E-state index contributed by atoms with van der Waals surface area (Å²) in [6.07, 6.45) is 0.690. The van der Waals surface area contributed by atoms with Gasteiger partial charge in [0.25, 0.3) is 0 Å². The predicted molar refractivity (Wildman–Crippen MR) is 136 cm³/mol. The molecule has 0 aromatic heterocycles. The Labute approximate surface area is 209 Å². The van der Waals surface area contributed by atoms with Crippen molar-refractivity contribution in [3.8, 4) is 5.75 Å². The van der Waals surface area contributed by atoms with Gasteiger partial charge in [0.05, 0.1) is 23.2 Å². The van der Waals surface area contributed by atoms with Gasteiger partial charge < -0.3 is 25.4 Å². The van der Waals surface area contributed by atoms with Crippen LogP contribution in [0.25, 0.3) is 0 Å². The minimum absolute atomic E-state index is 0.0305. The van der Waals surface area contributed by atoms with Crippen LogP contribution in [0.2, 0.25) is 5.02 Å². The number of hydrogen-bond acceptors (Lipinski definition) is 7. The first kappa shape index (κ1) is 24.8. The third kappa shape index (κ3) is 6.04. The first-order valence-electron chi connectivity index (χ1n) is 11.7. The number of nitrogens with one attached hydrogen (secondary N) is 1. The summed E-state index contributed by atoms with van der Waals surface area (Å²) in [5.41, 5.74) is 3.05. The number of anilines is 2. The van der Waals surface area contributed by atoms with Crippen molar-refractivity contribution < 1.29 is 19.9 Å². The minimum atomic E-state index is -0.199. The molecule has 0 unspecified atom stereocenters. The average molecular weight is 500 g/mol. The Bertz CT molecular complexity index is 1100. The number of nitrogens with zero attached hydrogens (tertiary/aromatic N) is 4. The molecule has 0 spiro atoms. The summed E-state index contributed by atoms with van der Waals surface area (Å²) < 4.78 is 0. The molecule has 3 N–H and O–H groups in total. The molecule has 0 saturated carbocycles. The molecule has 0 aliphatic carbocycles. The van der Waals surface area contributed by atoms with Gasteiger partial charge in [-0.2, -0.15) is 0 Å².